The standard InChI is InChI=1S/C12H18NO2.HI/c1-13-8-6-12(7-9-13)15-11-4-2-10(14)3-5-11;/h6-11,14H,2-5H2,1H3;1H/q+1;/p-1. The number of aliphatic hydroxyl groups excluding tert-OH is 1. The molecular weight excluding hydrogens is 317 g/mol. The van der Waals surface area contributed by atoms with Crippen molar-refractivity contribution in [1.82, 2.24) is 0 Å². The number of rotatable bonds is 2. The molecule has 0 atom stereocenters. The highest BCUT2D eigenvalue weighted by molar-refractivity contribution is 5.15. The summed E-state index contributed by atoms with van der Waals surface area (Å²) in [6, 6.07) is 3.95. The van der Waals surface area contributed by atoms with Gasteiger partial charge in [-0.2, -0.15) is 0 Å². The monoisotopic (exact) mass is 335 g/mol. The predicted octanol–water partition coefficient (Wildman–Crippen LogP) is -1.80. The highest BCUT2D eigenvalue weighted by atomic mass is 127. The maximum atomic E-state index is 9.37. The number of ether oxygens (including phenoxy) is 1. The first-order valence-corrected chi connectivity index (χ1v) is 5.54. The second-order valence-corrected chi connectivity index (χ2v) is 4.25. The van der Waals surface area contributed by atoms with E-state index in [2.05, 4.69) is 0 Å². The number of hydrogen-bond acceptors (Lipinski definition) is 2. The van der Waals surface area contributed by atoms with Crippen molar-refractivity contribution in [3.8, 4) is 5.75 Å². The Balaban J connectivity index is 0.00000128. The van der Waals surface area contributed by atoms with E-state index in [1.807, 2.05) is 36.1 Å². The first-order valence-electron chi connectivity index (χ1n) is 5.54. The third kappa shape index (κ3) is 3.90. The van der Waals surface area contributed by atoms with Crippen LogP contribution in [0.15, 0.2) is 24.5 Å². The quantitative estimate of drug-likeness (QED) is 0.511. The van der Waals surface area contributed by atoms with E-state index in [0.29, 0.717) is 0 Å². The van der Waals surface area contributed by atoms with E-state index in [-0.39, 0.29) is 36.2 Å². The molecule has 3 nitrogen and oxygen atoms in total. The molecule has 2 rings (SSSR count). The van der Waals surface area contributed by atoms with Gasteiger partial charge in [-0.05, 0) is 25.7 Å². The largest absolute Gasteiger partial charge is 1.00 e. The topological polar surface area (TPSA) is 33.3 Å². The minimum absolute atomic E-state index is 0. The van der Waals surface area contributed by atoms with Gasteiger partial charge in [-0.25, -0.2) is 4.57 Å². The number of hydrogen-bond donors (Lipinski definition) is 1. The van der Waals surface area contributed by atoms with Gasteiger partial charge in [0.1, 0.15) is 12.8 Å². The molecule has 1 heterocycles. The van der Waals surface area contributed by atoms with E-state index in [0.717, 1.165) is 31.4 Å². The molecule has 0 spiro atoms. The Kier molecular flexibility index (Phi) is 5.48. The van der Waals surface area contributed by atoms with Crippen LogP contribution in [0.25, 0.3) is 0 Å². The lowest BCUT2D eigenvalue weighted by Gasteiger charge is -2.25. The maximum absolute atomic E-state index is 9.37. The molecular formula is C12H18INO2. The summed E-state index contributed by atoms with van der Waals surface area (Å²) < 4.78 is 7.82. The zero-order valence-electron chi connectivity index (χ0n) is 9.47. The first kappa shape index (κ1) is 13.7. The molecule has 1 aliphatic carbocycles. The molecule has 0 amide bonds. The maximum Gasteiger partial charge on any atom is 0.172 e. The summed E-state index contributed by atoms with van der Waals surface area (Å²) in [7, 11) is 1.99. The van der Waals surface area contributed by atoms with Crippen molar-refractivity contribution < 1.29 is 38.4 Å². The fourth-order valence-corrected chi connectivity index (χ4v) is 1.92. The molecule has 90 valence electrons. The Bertz CT molecular complexity index is 307. The van der Waals surface area contributed by atoms with Gasteiger partial charge < -0.3 is 33.8 Å². The fraction of sp³-hybridized carbons (Fsp3) is 0.583. The Morgan fingerprint density at radius 2 is 1.75 bits per heavy atom. The van der Waals surface area contributed by atoms with Crippen LogP contribution in [0.4, 0.5) is 0 Å². The first-order chi connectivity index (χ1) is 7.24. The molecule has 1 aromatic heterocycles. The van der Waals surface area contributed by atoms with E-state index in [1.54, 1.807) is 0 Å². The average Bonchev–Trinajstić information content (AvgIpc) is 2.25. The lowest BCUT2D eigenvalue weighted by atomic mass is 9.95. The van der Waals surface area contributed by atoms with E-state index < -0.39 is 0 Å². The zero-order valence-corrected chi connectivity index (χ0v) is 11.6. The van der Waals surface area contributed by atoms with Gasteiger partial charge in [0, 0.05) is 12.1 Å². The van der Waals surface area contributed by atoms with Crippen LogP contribution in [-0.4, -0.2) is 17.3 Å². The predicted molar refractivity (Wildman–Crippen MR) is 56.5 cm³/mol. The molecule has 1 aromatic rings. The summed E-state index contributed by atoms with van der Waals surface area (Å²) >= 11 is 0. The molecule has 0 aromatic carbocycles. The number of nitrogens with zero attached hydrogens (tertiary/aromatic N) is 1. The van der Waals surface area contributed by atoms with E-state index in [4.69, 9.17) is 4.74 Å². The number of aliphatic hydroxyl groups is 1. The molecule has 1 fully saturated rings. The van der Waals surface area contributed by atoms with Crippen molar-refractivity contribution in [2.24, 2.45) is 7.05 Å². The van der Waals surface area contributed by atoms with Crippen molar-refractivity contribution in [2.45, 2.75) is 37.9 Å². The van der Waals surface area contributed by atoms with Gasteiger partial charge in [0.05, 0.1) is 12.2 Å². The van der Waals surface area contributed by atoms with Crippen LogP contribution in [0.3, 0.4) is 0 Å². The van der Waals surface area contributed by atoms with E-state index in [1.165, 1.54) is 0 Å². The van der Waals surface area contributed by atoms with Crippen LogP contribution in [0.2, 0.25) is 0 Å². The normalized spacial score (nSPS) is 24.6. The third-order valence-corrected chi connectivity index (χ3v) is 2.89. The average molecular weight is 335 g/mol. The van der Waals surface area contributed by atoms with Gasteiger partial charge in [0.15, 0.2) is 12.4 Å². The van der Waals surface area contributed by atoms with Crippen LogP contribution >= 0.6 is 0 Å². The van der Waals surface area contributed by atoms with Gasteiger partial charge in [-0.15, -0.1) is 0 Å². The summed E-state index contributed by atoms with van der Waals surface area (Å²) in [6.45, 7) is 0. The Morgan fingerprint density at radius 1 is 1.19 bits per heavy atom. The molecule has 1 aliphatic rings. The Hall–Kier alpha value is -0.360. The van der Waals surface area contributed by atoms with Crippen molar-refractivity contribution in [3.05, 3.63) is 24.5 Å². The summed E-state index contributed by atoms with van der Waals surface area (Å²) in [5.74, 6) is 0.925. The van der Waals surface area contributed by atoms with Gasteiger partial charge in [0.2, 0.25) is 0 Å². The van der Waals surface area contributed by atoms with Gasteiger partial charge in [-0.1, -0.05) is 0 Å². The molecule has 0 bridgehead atoms. The molecule has 1 saturated carbocycles. The second kappa shape index (κ2) is 6.39. The van der Waals surface area contributed by atoms with Gasteiger partial charge in [-0.3, -0.25) is 0 Å². The summed E-state index contributed by atoms with van der Waals surface area (Å²) in [5, 5.41) is 9.37. The van der Waals surface area contributed by atoms with Crippen molar-refractivity contribution in [2.75, 3.05) is 0 Å². The van der Waals surface area contributed by atoms with Crippen molar-refractivity contribution in [1.29, 1.82) is 0 Å². The number of aromatic nitrogens is 1. The lowest BCUT2D eigenvalue weighted by molar-refractivity contribution is -0.671. The van der Waals surface area contributed by atoms with Crippen LogP contribution in [-0.2, 0) is 7.05 Å². The molecule has 0 radical (unpaired) electrons. The summed E-state index contributed by atoms with van der Waals surface area (Å²) in [6.07, 6.45) is 7.78. The molecule has 0 aliphatic heterocycles. The highest BCUT2D eigenvalue weighted by Crippen LogP contribution is 2.22. The molecule has 0 saturated heterocycles. The van der Waals surface area contributed by atoms with Crippen LogP contribution in [0, 0.1) is 0 Å². The fourth-order valence-electron chi connectivity index (χ4n) is 1.92. The smallest absolute Gasteiger partial charge is 0.172 e. The van der Waals surface area contributed by atoms with Gasteiger partial charge >= 0.3 is 0 Å². The van der Waals surface area contributed by atoms with Crippen LogP contribution in [0.1, 0.15) is 25.7 Å². The highest BCUT2D eigenvalue weighted by Gasteiger charge is 2.20. The van der Waals surface area contributed by atoms with Crippen LogP contribution < -0.4 is 33.3 Å². The Labute approximate surface area is 113 Å². The molecule has 4 heteroatoms. The van der Waals surface area contributed by atoms with Crippen molar-refractivity contribution >= 4 is 0 Å². The molecule has 16 heavy (non-hydrogen) atoms. The number of pyridine rings is 1. The number of aryl methyl sites for hydroxylation is 1. The lowest BCUT2D eigenvalue weighted by Crippen LogP contribution is -3.00. The number of halogens is 1. The molecule has 0 unspecified atom stereocenters. The van der Waals surface area contributed by atoms with E-state index in [9.17, 15) is 5.11 Å². The summed E-state index contributed by atoms with van der Waals surface area (Å²) in [4.78, 5) is 0. The minimum Gasteiger partial charge on any atom is -1.00 e. The zero-order chi connectivity index (χ0) is 10.7. The van der Waals surface area contributed by atoms with E-state index >= 15 is 0 Å². The second-order valence-electron chi connectivity index (χ2n) is 4.25. The third-order valence-electron chi connectivity index (χ3n) is 2.89. The Morgan fingerprint density at radius 3 is 2.31 bits per heavy atom. The SMILES string of the molecule is C[n+]1ccc(OC2CCC(O)CC2)cc1.[I-]. The minimum atomic E-state index is -0.113. The summed E-state index contributed by atoms with van der Waals surface area (Å²) in [5.41, 5.74) is 0. The van der Waals surface area contributed by atoms with Crippen LogP contribution in [0.5, 0.6) is 5.75 Å². The van der Waals surface area contributed by atoms with Gasteiger partial charge in [0.25, 0.3) is 0 Å². The van der Waals surface area contributed by atoms with Crippen molar-refractivity contribution in [3.63, 3.8) is 0 Å². The molecule has 1 N–H and O–H groups in total.